The number of benzene rings is 1. The molecule has 1 aromatic carbocycles. The van der Waals surface area contributed by atoms with Gasteiger partial charge in [-0.05, 0) is 36.5 Å². The van der Waals surface area contributed by atoms with Crippen molar-refractivity contribution in [2.75, 3.05) is 11.9 Å². The lowest BCUT2D eigenvalue weighted by atomic mass is 9.76. The lowest BCUT2D eigenvalue weighted by molar-refractivity contribution is 0.0696. The quantitative estimate of drug-likeness (QED) is 0.867. The van der Waals surface area contributed by atoms with Crippen LogP contribution in [0.3, 0.4) is 0 Å². The number of hydrogen-bond acceptors (Lipinski definition) is 2. The van der Waals surface area contributed by atoms with Gasteiger partial charge in [-0.15, -0.1) is 0 Å². The van der Waals surface area contributed by atoms with E-state index >= 15 is 0 Å². The molecule has 0 spiro atoms. The number of rotatable bonds is 4. The van der Waals surface area contributed by atoms with E-state index in [0.717, 1.165) is 25.5 Å². The molecule has 0 aliphatic heterocycles. The van der Waals surface area contributed by atoms with Gasteiger partial charge < -0.3 is 10.4 Å². The largest absolute Gasteiger partial charge is 0.478 e. The van der Waals surface area contributed by atoms with Gasteiger partial charge in [-0.2, -0.15) is 0 Å². The smallest absolute Gasteiger partial charge is 0.335 e. The minimum atomic E-state index is -1.11. The standard InChI is InChI=1S/C15H20FNO2/c1-15(7-3-2-4-8-15)10-17-13-6-5-11(14(18)19)9-12(13)16/h5-6,9,17H,2-4,7-8,10H2,1H3,(H,18,19). The molecule has 0 heterocycles. The number of carbonyl (C=O) groups is 1. The Bertz CT molecular complexity index is 467. The van der Waals surface area contributed by atoms with E-state index in [0.29, 0.717) is 5.69 Å². The SMILES string of the molecule is CC1(CNc2ccc(C(=O)O)cc2F)CCCCC1. The number of carboxylic acids is 1. The van der Waals surface area contributed by atoms with Crippen LogP contribution in [0.1, 0.15) is 49.4 Å². The van der Waals surface area contributed by atoms with Gasteiger partial charge in [-0.1, -0.05) is 26.2 Å². The highest BCUT2D eigenvalue weighted by Crippen LogP contribution is 2.36. The average molecular weight is 265 g/mol. The first-order chi connectivity index (χ1) is 9.00. The molecule has 0 atom stereocenters. The Balaban J connectivity index is 2.01. The number of nitrogens with one attached hydrogen (secondary N) is 1. The van der Waals surface area contributed by atoms with Crippen LogP contribution in [-0.4, -0.2) is 17.6 Å². The predicted octanol–water partition coefficient (Wildman–Crippen LogP) is 3.91. The van der Waals surface area contributed by atoms with Gasteiger partial charge >= 0.3 is 5.97 Å². The molecule has 2 rings (SSSR count). The summed E-state index contributed by atoms with van der Waals surface area (Å²) in [5, 5.41) is 11.9. The zero-order valence-corrected chi connectivity index (χ0v) is 11.2. The third-order valence-electron chi connectivity index (χ3n) is 3.98. The third-order valence-corrected chi connectivity index (χ3v) is 3.98. The summed E-state index contributed by atoms with van der Waals surface area (Å²) in [6.45, 7) is 2.96. The Morgan fingerprint density at radius 3 is 2.63 bits per heavy atom. The summed E-state index contributed by atoms with van der Waals surface area (Å²) in [6.07, 6.45) is 6.08. The average Bonchev–Trinajstić information content (AvgIpc) is 2.38. The molecule has 0 radical (unpaired) electrons. The number of halogens is 1. The summed E-state index contributed by atoms with van der Waals surface area (Å²) in [5.74, 6) is -1.61. The minimum absolute atomic E-state index is 0.0214. The van der Waals surface area contributed by atoms with Crippen LogP contribution in [0.4, 0.5) is 10.1 Å². The van der Waals surface area contributed by atoms with Gasteiger partial charge in [0.25, 0.3) is 0 Å². The highest BCUT2D eigenvalue weighted by Gasteiger charge is 2.26. The van der Waals surface area contributed by atoms with E-state index in [2.05, 4.69) is 12.2 Å². The lowest BCUT2D eigenvalue weighted by Gasteiger charge is -2.34. The zero-order chi connectivity index (χ0) is 13.9. The third kappa shape index (κ3) is 3.46. The molecule has 0 unspecified atom stereocenters. The Labute approximate surface area is 112 Å². The van der Waals surface area contributed by atoms with Crippen molar-refractivity contribution in [3.63, 3.8) is 0 Å². The summed E-state index contributed by atoms with van der Waals surface area (Å²) in [6, 6.07) is 4.00. The Hall–Kier alpha value is -1.58. The van der Waals surface area contributed by atoms with Gasteiger partial charge in [0.1, 0.15) is 5.82 Å². The van der Waals surface area contributed by atoms with Crippen LogP contribution < -0.4 is 5.32 Å². The van der Waals surface area contributed by atoms with Crippen molar-refractivity contribution in [3.05, 3.63) is 29.6 Å². The van der Waals surface area contributed by atoms with Crippen molar-refractivity contribution in [2.24, 2.45) is 5.41 Å². The fourth-order valence-corrected chi connectivity index (χ4v) is 2.68. The molecule has 19 heavy (non-hydrogen) atoms. The van der Waals surface area contributed by atoms with Gasteiger partial charge in [0.2, 0.25) is 0 Å². The monoisotopic (exact) mass is 265 g/mol. The Kier molecular flexibility index (Phi) is 4.08. The molecule has 1 aliphatic rings. The molecule has 1 aliphatic carbocycles. The first kappa shape index (κ1) is 13.8. The van der Waals surface area contributed by atoms with Crippen LogP contribution in [0.2, 0.25) is 0 Å². The van der Waals surface area contributed by atoms with Crippen LogP contribution in [0.25, 0.3) is 0 Å². The maximum absolute atomic E-state index is 13.8. The second kappa shape index (κ2) is 5.59. The molecule has 1 fully saturated rings. The molecule has 4 heteroatoms. The first-order valence-corrected chi connectivity index (χ1v) is 6.77. The van der Waals surface area contributed by atoms with E-state index in [1.165, 1.54) is 31.4 Å². The van der Waals surface area contributed by atoms with Crippen molar-refractivity contribution in [2.45, 2.75) is 39.0 Å². The first-order valence-electron chi connectivity index (χ1n) is 6.77. The summed E-state index contributed by atoms with van der Waals surface area (Å²) in [7, 11) is 0. The van der Waals surface area contributed by atoms with Crippen LogP contribution in [0, 0.1) is 11.2 Å². The highest BCUT2D eigenvalue weighted by molar-refractivity contribution is 5.88. The molecular weight excluding hydrogens is 245 g/mol. The predicted molar refractivity (Wildman–Crippen MR) is 73.0 cm³/mol. The molecule has 0 saturated heterocycles. The second-order valence-corrected chi connectivity index (χ2v) is 5.72. The topological polar surface area (TPSA) is 49.3 Å². The number of carboxylic acid groups (broad SMARTS) is 1. The number of aromatic carboxylic acids is 1. The molecule has 104 valence electrons. The molecule has 1 aromatic rings. The number of hydrogen-bond donors (Lipinski definition) is 2. The molecule has 2 N–H and O–H groups in total. The second-order valence-electron chi connectivity index (χ2n) is 5.72. The molecule has 0 bridgehead atoms. The van der Waals surface area contributed by atoms with Crippen molar-refractivity contribution in [1.82, 2.24) is 0 Å². The van der Waals surface area contributed by atoms with Crippen molar-refractivity contribution in [3.8, 4) is 0 Å². The fourth-order valence-electron chi connectivity index (χ4n) is 2.68. The summed E-state index contributed by atoms with van der Waals surface area (Å²) >= 11 is 0. The van der Waals surface area contributed by atoms with Crippen molar-refractivity contribution in [1.29, 1.82) is 0 Å². The van der Waals surface area contributed by atoms with Crippen LogP contribution in [0.15, 0.2) is 18.2 Å². The highest BCUT2D eigenvalue weighted by atomic mass is 19.1. The van der Waals surface area contributed by atoms with E-state index < -0.39 is 11.8 Å². The maximum Gasteiger partial charge on any atom is 0.335 e. The van der Waals surface area contributed by atoms with Crippen molar-refractivity contribution < 1.29 is 14.3 Å². The van der Waals surface area contributed by atoms with Gasteiger partial charge in [0.05, 0.1) is 11.3 Å². The van der Waals surface area contributed by atoms with Gasteiger partial charge in [-0.25, -0.2) is 9.18 Å². The summed E-state index contributed by atoms with van der Waals surface area (Å²) < 4.78 is 13.8. The Morgan fingerprint density at radius 1 is 1.37 bits per heavy atom. The van der Waals surface area contributed by atoms with E-state index in [4.69, 9.17) is 5.11 Å². The lowest BCUT2D eigenvalue weighted by Crippen LogP contribution is -2.29. The normalized spacial score (nSPS) is 18.0. The van der Waals surface area contributed by atoms with Crippen molar-refractivity contribution >= 4 is 11.7 Å². The Morgan fingerprint density at radius 2 is 2.05 bits per heavy atom. The van der Waals surface area contributed by atoms with E-state index in [1.54, 1.807) is 0 Å². The maximum atomic E-state index is 13.8. The van der Waals surface area contributed by atoms with Crippen LogP contribution >= 0.6 is 0 Å². The molecule has 0 amide bonds. The molecule has 1 saturated carbocycles. The zero-order valence-electron chi connectivity index (χ0n) is 11.2. The summed E-state index contributed by atoms with van der Waals surface area (Å²) in [4.78, 5) is 10.7. The fraction of sp³-hybridized carbons (Fsp3) is 0.533. The van der Waals surface area contributed by atoms with Crippen LogP contribution in [-0.2, 0) is 0 Å². The van der Waals surface area contributed by atoms with E-state index in [-0.39, 0.29) is 11.0 Å². The van der Waals surface area contributed by atoms with E-state index in [1.807, 2.05) is 0 Å². The molecular formula is C15H20FNO2. The number of anilines is 1. The molecule has 3 nitrogen and oxygen atoms in total. The van der Waals surface area contributed by atoms with Crippen LogP contribution in [0.5, 0.6) is 0 Å². The van der Waals surface area contributed by atoms with Gasteiger partial charge in [0, 0.05) is 6.54 Å². The van der Waals surface area contributed by atoms with E-state index in [9.17, 15) is 9.18 Å². The minimum Gasteiger partial charge on any atom is -0.478 e. The summed E-state index contributed by atoms with van der Waals surface area (Å²) in [5.41, 5.74) is 0.583. The molecule has 0 aromatic heterocycles. The van der Waals surface area contributed by atoms with Gasteiger partial charge in [0.15, 0.2) is 0 Å². The van der Waals surface area contributed by atoms with Gasteiger partial charge in [-0.3, -0.25) is 0 Å².